The summed E-state index contributed by atoms with van der Waals surface area (Å²) in [5.41, 5.74) is 2.05. The van der Waals surface area contributed by atoms with Gasteiger partial charge in [-0.15, -0.1) is 0 Å². The molecule has 0 saturated carbocycles. The molecule has 0 aliphatic rings. The number of nitrogens with zero attached hydrogens (tertiary/aromatic N) is 1. The van der Waals surface area contributed by atoms with Crippen molar-refractivity contribution in [1.82, 2.24) is 4.98 Å². The lowest BCUT2D eigenvalue weighted by molar-refractivity contribution is 0.595. The molecule has 0 saturated heterocycles. The monoisotopic (exact) mass is 377 g/mol. The fourth-order valence-corrected chi connectivity index (χ4v) is 4.58. The predicted octanol–water partition coefficient (Wildman–Crippen LogP) is 5.20. The van der Waals surface area contributed by atoms with E-state index in [1.807, 2.05) is 30.3 Å². The topological polar surface area (TPSA) is 47.0 Å². The maximum Gasteiger partial charge on any atom is 0.209 e. The van der Waals surface area contributed by atoms with E-state index in [9.17, 15) is 8.42 Å². The van der Waals surface area contributed by atoms with Crippen LogP contribution in [0.4, 0.5) is 0 Å². The second-order valence-electron chi connectivity index (χ2n) is 5.27. The number of pyridine rings is 1. The number of aryl methyl sites for hydroxylation is 1. The Morgan fingerprint density at radius 2 is 1.54 bits per heavy atom. The highest BCUT2D eigenvalue weighted by Crippen LogP contribution is 2.32. The maximum atomic E-state index is 12.9. The van der Waals surface area contributed by atoms with Crippen molar-refractivity contribution in [2.24, 2.45) is 0 Å². The highest BCUT2D eigenvalue weighted by atomic mass is 35.5. The van der Waals surface area contributed by atoms with Gasteiger partial charge in [0, 0.05) is 10.6 Å². The van der Waals surface area contributed by atoms with E-state index in [2.05, 4.69) is 4.98 Å². The number of benzene rings is 2. The number of rotatable bonds is 3. The Balaban J connectivity index is 2.14. The Morgan fingerprint density at radius 1 is 0.917 bits per heavy atom. The fourth-order valence-electron chi connectivity index (χ4n) is 2.43. The van der Waals surface area contributed by atoms with E-state index in [0.717, 1.165) is 5.56 Å². The highest BCUT2D eigenvalue weighted by Gasteiger charge is 2.25. The first-order valence-corrected chi connectivity index (χ1v) is 9.37. The first-order valence-electron chi connectivity index (χ1n) is 7.13. The molecule has 0 amide bonds. The van der Waals surface area contributed by atoms with Crippen LogP contribution in [0.1, 0.15) is 5.56 Å². The van der Waals surface area contributed by atoms with Crippen molar-refractivity contribution in [1.29, 1.82) is 0 Å². The number of hydrogen-bond donors (Lipinski definition) is 0. The average Bonchev–Trinajstić information content (AvgIpc) is 2.55. The summed E-state index contributed by atoms with van der Waals surface area (Å²) in [6.07, 6.45) is 0. The Morgan fingerprint density at radius 3 is 2.12 bits per heavy atom. The molecule has 6 heteroatoms. The zero-order valence-electron chi connectivity index (χ0n) is 12.7. The highest BCUT2D eigenvalue weighted by molar-refractivity contribution is 7.91. The van der Waals surface area contributed by atoms with Crippen LogP contribution < -0.4 is 0 Å². The third-order valence-electron chi connectivity index (χ3n) is 3.58. The van der Waals surface area contributed by atoms with Gasteiger partial charge in [0.2, 0.25) is 9.84 Å². The molecule has 0 aliphatic carbocycles. The molecular formula is C18H13Cl2NO2S. The predicted molar refractivity (Wildman–Crippen MR) is 96.3 cm³/mol. The zero-order valence-corrected chi connectivity index (χ0v) is 15.0. The third-order valence-corrected chi connectivity index (χ3v) is 6.16. The molecule has 3 nitrogen and oxygen atoms in total. The van der Waals surface area contributed by atoms with Gasteiger partial charge in [0.05, 0.1) is 10.6 Å². The third kappa shape index (κ3) is 3.18. The first-order chi connectivity index (χ1) is 11.4. The van der Waals surface area contributed by atoms with Crippen LogP contribution >= 0.6 is 23.2 Å². The molecule has 0 N–H and O–H groups in total. The Kier molecular flexibility index (Phi) is 4.63. The summed E-state index contributed by atoms with van der Waals surface area (Å²) in [6.45, 7) is 1.71. The van der Waals surface area contributed by atoms with Gasteiger partial charge in [0.1, 0.15) is 10.0 Å². The molecule has 2 aromatic carbocycles. The summed E-state index contributed by atoms with van der Waals surface area (Å²) in [5.74, 6) is 0. The summed E-state index contributed by atoms with van der Waals surface area (Å²) in [5, 5.41) is 0.429. The van der Waals surface area contributed by atoms with E-state index in [4.69, 9.17) is 23.2 Å². The van der Waals surface area contributed by atoms with Crippen molar-refractivity contribution in [3.05, 3.63) is 76.4 Å². The van der Waals surface area contributed by atoms with E-state index in [-0.39, 0.29) is 14.9 Å². The van der Waals surface area contributed by atoms with Gasteiger partial charge in [0.25, 0.3) is 0 Å². The van der Waals surface area contributed by atoms with Crippen LogP contribution in [0.25, 0.3) is 11.3 Å². The van der Waals surface area contributed by atoms with Crippen molar-refractivity contribution < 1.29 is 8.42 Å². The van der Waals surface area contributed by atoms with Gasteiger partial charge in [0.15, 0.2) is 0 Å². The molecule has 0 atom stereocenters. The van der Waals surface area contributed by atoms with E-state index in [1.165, 1.54) is 24.3 Å². The normalized spacial score (nSPS) is 11.5. The molecule has 122 valence electrons. The first kappa shape index (κ1) is 17.0. The summed E-state index contributed by atoms with van der Waals surface area (Å²) in [7, 11) is -3.77. The molecule has 0 unspecified atom stereocenters. The number of hydrogen-bond acceptors (Lipinski definition) is 3. The van der Waals surface area contributed by atoms with Crippen LogP contribution in [0.5, 0.6) is 0 Å². The molecule has 0 spiro atoms. The molecule has 3 aromatic rings. The summed E-state index contributed by atoms with van der Waals surface area (Å²) in [6, 6.07) is 17.2. The molecule has 1 heterocycles. The molecular weight excluding hydrogens is 365 g/mol. The van der Waals surface area contributed by atoms with E-state index in [1.54, 1.807) is 13.0 Å². The lowest BCUT2D eigenvalue weighted by Gasteiger charge is -2.12. The van der Waals surface area contributed by atoms with Crippen molar-refractivity contribution in [2.45, 2.75) is 16.7 Å². The van der Waals surface area contributed by atoms with Gasteiger partial charge in [-0.3, -0.25) is 0 Å². The van der Waals surface area contributed by atoms with Crippen molar-refractivity contribution >= 4 is 33.0 Å². The second-order valence-corrected chi connectivity index (χ2v) is 7.95. The smallest absolute Gasteiger partial charge is 0.209 e. The minimum absolute atomic E-state index is 0.0196. The van der Waals surface area contributed by atoms with E-state index < -0.39 is 9.84 Å². The number of aromatic nitrogens is 1. The summed E-state index contributed by atoms with van der Waals surface area (Å²) in [4.78, 5) is 4.42. The van der Waals surface area contributed by atoms with Gasteiger partial charge in [-0.25, -0.2) is 13.4 Å². The molecule has 1 aromatic heterocycles. The van der Waals surface area contributed by atoms with Gasteiger partial charge < -0.3 is 0 Å². The minimum atomic E-state index is -3.77. The summed E-state index contributed by atoms with van der Waals surface area (Å²) < 4.78 is 25.7. The van der Waals surface area contributed by atoms with Crippen LogP contribution in [0, 0.1) is 6.92 Å². The largest absolute Gasteiger partial charge is 0.235 e. The minimum Gasteiger partial charge on any atom is -0.235 e. The number of sulfone groups is 1. The van der Waals surface area contributed by atoms with Crippen LogP contribution in [0.15, 0.2) is 70.5 Å². The lowest BCUT2D eigenvalue weighted by Crippen LogP contribution is -2.07. The zero-order chi connectivity index (χ0) is 17.3. The Labute approximate surface area is 150 Å². The van der Waals surface area contributed by atoms with Crippen molar-refractivity contribution in [2.75, 3.05) is 0 Å². The fraction of sp³-hybridized carbons (Fsp3) is 0.0556. The maximum absolute atomic E-state index is 12.9. The molecule has 3 rings (SSSR count). The van der Waals surface area contributed by atoms with Gasteiger partial charge in [-0.05, 0) is 42.8 Å². The van der Waals surface area contributed by atoms with Gasteiger partial charge in [-0.2, -0.15) is 0 Å². The molecule has 0 radical (unpaired) electrons. The van der Waals surface area contributed by atoms with Crippen molar-refractivity contribution in [3.8, 4) is 11.3 Å². The summed E-state index contributed by atoms with van der Waals surface area (Å²) >= 11 is 12.1. The van der Waals surface area contributed by atoms with Crippen LogP contribution in [0.3, 0.4) is 0 Å². The van der Waals surface area contributed by atoms with Crippen LogP contribution in [-0.4, -0.2) is 13.4 Å². The second kappa shape index (κ2) is 6.55. The molecule has 24 heavy (non-hydrogen) atoms. The SMILES string of the molecule is Cc1cc(-c2ccccc2)nc(Cl)c1S(=O)(=O)c1ccc(Cl)cc1. The number of halogens is 2. The molecule has 0 fully saturated rings. The van der Waals surface area contributed by atoms with Gasteiger partial charge >= 0.3 is 0 Å². The standard InChI is InChI=1S/C18H13Cl2NO2S/c1-12-11-16(13-5-3-2-4-6-13)21-18(20)17(12)24(22,23)15-9-7-14(19)8-10-15/h2-11H,1H3. The quantitative estimate of drug-likeness (QED) is 0.589. The lowest BCUT2D eigenvalue weighted by atomic mass is 10.1. The van der Waals surface area contributed by atoms with Crippen molar-refractivity contribution in [3.63, 3.8) is 0 Å². The van der Waals surface area contributed by atoms with Gasteiger partial charge in [-0.1, -0.05) is 53.5 Å². The van der Waals surface area contributed by atoms with E-state index >= 15 is 0 Å². The average molecular weight is 378 g/mol. The van der Waals surface area contributed by atoms with Crippen LogP contribution in [-0.2, 0) is 9.84 Å². The van der Waals surface area contributed by atoms with Crippen LogP contribution in [0.2, 0.25) is 10.2 Å². The van der Waals surface area contributed by atoms with E-state index in [0.29, 0.717) is 16.3 Å². The molecule has 0 aliphatic heterocycles. The Bertz CT molecular complexity index is 962. The Hall–Kier alpha value is -1.88. The molecule has 0 bridgehead atoms.